The zero-order valence-corrected chi connectivity index (χ0v) is 9.61. The Balaban J connectivity index is 2.04. The van der Waals surface area contributed by atoms with Gasteiger partial charge in [-0.2, -0.15) is 5.43 Å². The van der Waals surface area contributed by atoms with Crippen LogP contribution in [-0.2, 0) is 11.2 Å². The normalized spacial score (nSPS) is 18.1. The molecule has 0 saturated heterocycles. The van der Waals surface area contributed by atoms with Crippen molar-refractivity contribution in [3.63, 3.8) is 0 Å². The second-order valence-electron chi connectivity index (χ2n) is 4.38. The molecule has 16 heavy (non-hydrogen) atoms. The molecule has 0 amide bonds. The second kappa shape index (κ2) is 5.64. The molecule has 0 radical (unpaired) electrons. The highest BCUT2D eigenvalue weighted by molar-refractivity contribution is 5.78. The smallest absolute Gasteiger partial charge is 0.202 e. The number of carbonyl (C=O) groups excluding carboxylic acids is 1. The lowest BCUT2D eigenvalue weighted by atomic mass is 10.1. The first-order chi connectivity index (χ1) is 7.84. The first kappa shape index (κ1) is 11.1. The van der Waals surface area contributed by atoms with Crippen molar-refractivity contribution in [2.75, 3.05) is 12.0 Å². The van der Waals surface area contributed by atoms with Gasteiger partial charge >= 0.3 is 0 Å². The van der Waals surface area contributed by atoms with Gasteiger partial charge in [-0.25, -0.2) is 0 Å². The van der Waals surface area contributed by atoms with Gasteiger partial charge < -0.3 is 0 Å². The Kier molecular flexibility index (Phi) is 3.91. The molecule has 1 N–H and O–H groups in total. The van der Waals surface area contributed by atoms with Crippen LogP contribution in [0.1, 0.15) is 37.7 Å². The molecular weight excluding hydrogens is 200 g/mol. The number of Topliss-reactive ketones (excluding diaryl/α,β-unsaturated/α-hetero) is 1. The van der Waals surface area contributed by atoms with Gasteiger partial charge in [0.15, 0.2) is 6.20 Å². The summed E-state index contributed by atoms with van der Waals surface area (Å²) in [6.45, 7) is 0.729. The fourth-order valence-electron chi connectivity index (χ4n) is 2.05. The Morgan fingerprint density at radius 3 is 2.94 bits per heavy atom. The van der Waals surface area contributed by atoms with Gasteiger partial charge in [0.1, 0.15) is 5.78 Å². The van der Waals surface area contributed by atoms with E-state index in [4.69, 9.17) is 0 Å². The quantitative estimate of drug-likeness (QED) is 0.672. The average Bonchev–Trinajstić information content (AvgIpc) is 2.28. The fraction of sp³-hybridized carbons (Fsp3) is 0.538. The Labute approximate surface area is 96.5 Å². The fourth-order valence-corrected chi connectivity index (χ4v) is 2.05. The summed E-state index contributed by atoms with van der Waals surface area (Å²) in [5.41, 5.74) is 4.59. The standard InChI is InChI=1S/C13H19N2O/c16-13-7-3-1-2-5-12-6-4-10-15(11-12)14-9-8-13/h4,6,10-11,14H,1-3,5,7-9H2/q+1. The number of nitrogens with zero attached hydrogens (tertiary/aromatic N) is 1. The molecule has 0 spiro atoms. The minimum atomic E-state index is 0.379. The van der Waals surface area contributed by atoms with Crippen LogP contribution in [0, 0.1) is 0 Å². The zero-order valence-electron chi connectivity index (χ0n) is 9.61. The Bertz CT molecular complexity index is 363. The summed E-state index contributed by atoms with van der Waals surface area (Å²) in [5.74, 6) is 0.379. The third-order valence-corrected chi connectivity index (χ3v) is 2.98. The number of hydrogen-bond donors (Lipinski definition) is 1. The van der Waals surface area contributed by atoms with E-state index < -0.39 is 0 Å². The zero-order chi connectivity index (χ0) is 11.2. The van der Waals surface area contributed by atoms with E-state index in [2.05, 4.69) is 23.8 Å². The van der Waals surface area contributed by atoms with E-state index in [1.54, 1.807) is 0 Å². The van der Waals surface area contributed by atoms with Gasteiger partial charge in [0.05, 0.1) is 6.54 Å². The van der Waals surface area contributed by atoms with E-state index in [1.165, 1.54) is 12.0 Å². The van der Waals surface area contributed by atoms with Crippen LogP contribution in [0.3, 0.4) is 0 Å². The summed E-state index contributed by atoms with van der Waals surface area (Å²) >= 11 is 0. The molecule has 0 saturated carbocycles. The second-order valence-corrected chi connectivity index (χ2v) is 4.38. The van der Waals surface area contributed by atoms with E-state index in [0.717, 1.165) is 32.2 Å². The number of pyridine rings is 1. The highest BCUT2D eigenvalue weighted by Crippen LogP contribution is 2.07. The molecule has 0 aliphatic carbocycles. The lowest BCUT2D eigenvalue weighted by Gasteiger charge is -2.05. The SMILES string of the molecule is O=C1CCCCCc2ccc[n+](c2)NCC1. The number of fused-ring (bicyclic) bond motifs is 2. The number of nitrogens with one attached hydrogen (secondary N) is 1. The van der Waals surface area contributed by atoms with Crippen LogP contribution in [0.2, 0.25) is 0 Å². The van der Waals surface area contributed by atoms with Crippen LogP contribution in [-0.4, -0.2) is 12.3 Å². The van der Waals surface area contributed by atoms with Gasteiger partial charge in [-0.1, -0.05) is 11.1 Å². The van der Waals surface area contributed by atoms with Gasteiger partial charge in [0.25, 0.3) is 0 Å². The molecule has 2 heterocycles. The minimum absolute atomic E-state index is 0.379. The third kappa shape index (κ3) is 3.33. The molecule has 0 fully saturated rings. The molecular formula is C13H19N2O+. The van der Waals surface area contributed by atoms with Crippen molar-refractivity contribution in [2.24, 2.45) is 0 Å². The Morgan fingerprint density at radius 1 is 1.12 bits per heavy atom. The van der Waals surface area contributed by atoms with Crippen LogP contribution in [0.15, 0.2) is 24.5 Å². The summed E-state index contributed by atoms with van der Waals surface area (Å²) in [4.78, 5) is 11.5. The summed E-state index contributed by atoms with van der Waals surface area (Å²) in [6, 6.07) is 4.21. The van der Waals surface area contributed by atoms with Crippen molar-refractivity contribution >= 4 is 5.78 Å². The number of carbonyl (C=O) groups is 1. The molecule has 1 aliphatic rings. The van der Waals surface area contributed by atoms with Crippen molar-refractivity contribution in [3.05, 3.63) is 30.1 Å². The van der Waals surface area contributed by atoms with E-state index in [-0.39, 0.29) is 0 Å². The van der Waals surface area contributed by atoms with Gasteiger partial charge in [-0.15, -0.1) is 0 Å². The van der Waals surface area contributed by atoms with E-state index in [1.807, 2.05) is 10.9 Å². The van der Waals surface area contributed by atoms with Gasteiger partial charge in [0, 0.05) is 24.5 Å². The maximum atomic E-state index is 11.5. The molecule has 0 atom stereocenters. The maximum Gasteiger partial charge on any atom is 0.202 e. The summed E-state index contributed by atoms with van der Waals surface area (Å²) in [7, 11) is 0. The Morgan fingerprint density at radius 2 is 2.00 bits per heavy atom. The molecule has 2 bridgehead atoms. The van der Waals surface area contributed by atoms with Crippen molar-refractivity contribution in [1.82, 2.24) is 0 Å². The number of aryl methyl sites for hydroxylation is 1. The molecule has 0 aromatic carbocycles. The Hall–Kier alpha value is -1.38. The monoisotopic (exact) mass is 219 g/mol. The summed E-state index contributed by atoms with van der Waals surface area (Å²) < 4.78 is 1.96. The summed E-state index contributed by atoms with van der Waals surface area (Å²) in [5, 5.41) is 0. The molecule has 3 nitrogen and oxygen atoms in total. The van der Waals surface area contributed by atoms with Gasteiger partial charge in [0.2, 0.25) is 6.20 Å². The van der Waals surface area contributed by atoms with E-state index in [9.17, 15) is 4.79 Å². The van der Waals surface area contributed by atoms with Gasteiger partial charge in [-0.05, 0) is 25.3 Å². The van der Waals surface area contributed by atoms with Crippen LogP contribution >= 0.6 is 0 Å². The molecule has 1 aliphatic heterocycles. The van der Waals surface area contributed by atoms with Gasteiger partial charge in [-0.3, -0.25) is 4.79 Å². The van der Waals surface area contributed by atoms with E-state index >= 15 is 0 Å². The lowest BCUT2D eigenvalue weighted by Crippen LogP contribution is -2.45. The van der Waals surface area contributed by atoms with Crippen molar-refractivity contribution in [1.29, 1.82) is 0 Å². The summed E-state index contributed by atoms with van der Waals surface area (Å²) in [6.07, 6.45) is 9.98. The molecule has 3 heteroatoms. The molecule has 0 unspecified atom stereocenters. The number of aromatic nitrogens is 1. The average molecular weight is 219 g/mol. The number of rotatable bonds is 0. The predicted octanol–water partition coefficient (Wildman–Crippen LogP) is 1.59. The van der Waals surface area contributed by atoms with Crippen LogP contribution in [0.4, 0.5) is 0 Å². The van der Waals surface area contributed by atoms with Crippen LogP contribution in [0.25, 0.3) is 0 Å². The lowest BCUT2D eigenvalue weighted by molar-refractivity contribution is -0.650. The number of hydrogen-bond acceptors (Lipinski definition) is 2. The third-order valence-electron chi connectivity index (χ3n) is 2.98. The van der Waals surface area contributed by atoms with Crippen LogP contribution < -0.4 is 10.1 Å². The minimum Gasteiger partial charge on any atom is -0.300 e. The van der Waals surface area contributed by atoms with Crippen molar-refractivity contribution in [2.45, 2.75) is 38.5 Å². The van der Waals surface area contributed by atoms with Crippen molar-refractivity contribution < 1.29 is 9.47 Å². The first-order valence-corrected chi connectivity index (χ1v) is 6.10. The number of ketones is 1. The van der Waals surface area contributed by atoms with Crippen LogP contribution in [0.5, 0.6) is 0 Å². The highest BCUT2D eigenvalue weighted by atomic mass is 16.1. The maximum absolute atomic E-state index is 11.5. The highest BCUT2D eigenvalue weighted by Gasteiger charge is 2.07. The first-order valence-electron chi connectivity index (χ1n) is 6.10. The molecule has 1 aromatic rings. The van der Waals surface area contributed by atoms with E-state index in [0.29, 0.717) is 12.2 Å². The molecule has 1 aromatic heterocycles. The predicted molar refractivity (Wildman–Crippen MR) is 62.7 cm³/mol. The molecule has 86 valence electrons. The van der Waals surface area contributed by atoms with Crippen molar-refractivity contribution in [3.8, 4) is 0 Å². The molecule has 2 rings (SSSR count). The topological polar surface area (TPSA) is 33.0 Å². The largest absolute Gasteiger partial charge is 0.300 e.